The highest BCUT2D eigenvalue weighted by Crippen LogP contribution is 2.46. The lowest BCUT2D eigenvalue weighted by atomic mass is 9.65. The summed E-state index contributed by atoms with van der Waals surface area (Å²) < 4.78 is 0. The van der Waals surface area contributed by atoms with Gasteiger partial charge in [0.15, 0.2) is 0 Å². The van der Waals surface area contributed by atoms with Gasteiger partial charge in [-0.25, -0.2) is 0 Å². The van der Waals surface area contributed by atoms with E-state index in [1.807, 2.05) is 0 Å². The highest BCUT2D eigenvalue weighted by molar-refractivity contribution is 4.85. The zero-order valence-corrected chi connectivity index (χ0v) is 15.6. The Morgan fingerprint density at radius 1 is 0.565 bits per heavy atom. The minimum atomic E-state index is 0.903. The van der Waals surface area contributed by atoms with Gasteiger partial charge in [0.2, 0.25) is 0 Å². The summed E-state index contributed by atoms with van der Waals surface area (Å²) in [6.45, 7) is 3.29. The van der Waals surface area contributed by atoms with Crippen molar-refractivity contribution in [1.29, 1.82) is 0 Å². The van der Waals surface area contributed by atoms with Crippen LogP contribution < -0.4 is 5.73 Å². The molecule has 3 aliphatic rings. The van der Waals surface area contributed by atoms with Crippen LogP contribution in [-0.4, -0.2) is 6.54 Å². The molecule has 0 unspecified atom stereocenters. The quantitative estimate of drug-likeness (QED) is 0.644. The Hall–Kier alpha value is -0.0400. The lowest BCUT2D eigenvalue weighted by Crippen LogP contribution is -2.30. The Morgan fingerprint density at radius 2 is 0.913 bits per heavy atom. The fourth-order valence-electron chi connectivity index (χ4n) is 6.34. The topological polar surface area (TPSA) is 26.0 Å². The number of hydrogen-bond donors (Lipinski definition) is 1. The third-order valence-electron chi connectivity index (χ3n) is 8.08. The van der Waals surface area contributed by atoms with Gasteiger partial charge in [-0.05, 0) is 99.8 Å². The average molecular weight is 320 g/mol. The molecule has 134 valence electrons. The molecule has 0 heterocycles. The van der Waals surface area contributed by atoms with E-state index in [1.165, 1.54) is 51.4 Å². The molecule has 3 fully saturated rings. The van der Waals surface area contributed by atoms with Crippen LogP contribution in [0.2, 0.25) is 0 Å². The lowest BCUT2D eigenvalue weighted by molar-refractivity contribution is 0.103. The molecular weight excluding hydrogens is 278 g/mol. The van der Waals surface area contributed by atoms with Crippen LogP contribution in [0.25, 0.3) is 0 Å². The van der Waals surface area contributed by atoms with E-state index in [0.717, 1.165) is 42.1 Å². The molecule has 0 aromatic carbocycles. The van der Waals surface area contributed by atoms with Gasteiger partial charge in [0.05, 0.1) is 0 Å². The van der Waals surface area contributed by atoms with E-state index in [0.29, 0.717) is 0 Å². The zero-order chi connectivity index (χ0) is 16.1. The highest BCUT2D eigenvalue weighted by Gasteiger charge is 2.34. The van der Waals surface area contributed by atoms with E-state index >= 15 is 0 Å². The molecule has 0 amide bonds. The summed E-state index contributed by atoms with van der Waals surface area (Å²) in [5.74, 6) is 6.36. The molecule has 3 rings (SSSR count). The normalized spacial score (nSPS) is 42.5. The molecule has 3 aliphatic carbocycles. The van der Waals surface area contributed by atoms with Crippen molar-refractivity contribution in [1.82, 2.24) is 0 Å². The van der Waals surface area contributed by atoms with Gasteiger partial charge in [-0.2, -0.15) is 0 Å². The van der Waals surface area contributed by atoms with Crippen molar-refractivity contribution in [2.75, 3.05) is 6.54 Å². The Bertz CT molecular complexity index is 315. The van der Waals surface area contributed by atoms with Crippen molar-refractivity contribution in [2.45, 2.75) is 96.8 Å². The summed E-state index contributed by atoms with van der Waals surface area (Å²) in [5, 5.41) is 0. The third-order valence-corrected chi connectivity index (χ3v) is 8.08. The Balaban J connectivity index is 1.37. The van der Waals surface area contributed by atoms with Crippen LogP contribution in [0.3, 0.4) is 0 Å². The summed E-state index contributed by atoms with van der Waals surface area (Å²) in [7, 11) is 0. The van der Waals surface area contributed by atoms with Crippen LogP contribution in [0.15, 0.2) is 0 Å². The molecule has 0 spiro atoms. The molecule has 0 aliphatic heterocycles. The first-order valence-corrected chi connectivity index (χ1v) is 11.0. The first-order chi connectivity index (χ1) is 11.3. The molecule has 3 saturated carbocycles. The summed E-state index contributed by atoms with van der Waals surface area (Å²) in [4.78, 5) is 0. The maximum absolute atomic E-state index is 5.74. The van der Waals surface area contributed by atoms with E-state index in [4.69, 9.17) is 5.73 Å². The number of rotatable bonds is 5. The Labute approximate surface area is 145 Å². The molecule has 0 bridgehead atoms. The summed E-state index contributed by atoms with van der Waals surface area (Å²) in [6.07, 6.45) is 21.1. The standard InChI is InChI=1S/C22H41N/c1-2-17-3-7-19(8-4-17)21-11-13-22(14-12-21)20-9-5-18(6-10-20)15-16-23/h17-22H,2-16,23H2,1H3. The van der Waals surface area contributed by atoms with Crippen molar-refractivity contribution in [3.8, 4) is 0 Å². The first-order valence-electron chi connectivity index (χ1n) is 11.0. The second-order valence-corrected chi connectivity index (χ2v) is 9.22. The molecule has 0 saturated heterocycles. The van der Waals surface area contributed by atoms with Gasteiger partial charge in [-0.3, -0.25) is 0 Å². The fraction of sp³-hybridized carbons (Fsp3) is 1.00. The van der Waals surface area contributed by atoms with Crippen molar-refractivity contribution >= 4 is 0 Å². The molecule has 1 heteroatoms. The molecule has 2 N–H and O–H groups in total. The van der Waals surface area contributed by atoms with Crippen LogP contribution >= 0.6 is 0 Å². The van der Waals surface area contributed by atoms with Gasteiger partial charge in [0, 0.05) is 0 Å². The second kappa shape index (κ2) is 8.88. The average Bonchev–Trinajstić information content (AvgIpc) is 2.63. The maximum Gasteiger partial charge on any atom is -0.00746 e. The molecule has 0 aromatic heterocycles. The van der Waals surface area contributed by atoms with E-state index in [9.17, 15) is 0 Å². The molecular formula is C22H41N. The predicted molar refractivity (Wildman–Crippen MR) is 100 cm³/mol. The van der Waals surface area contributed by atoms with E-state index in [-0.39, 0.29) is 0 Å². The fourth-order valence-corrected chi connectivity index (χ4v) is 6.34. The van der Waals surface area contributed by atoms with Gasteiger partial charge >= 0.3 is 0 Å². The Morgan fingerprint density at radius 3 is 1.26 bits per heavy atom. The van der Waals surface area contributed by atoms with Gasteiger partial charge < -0.3 is 5.73 Å². The monoisotopic (exact) mass is 319 g/mol. The van der Waals surface area contributed by atoms with Crippen LogP contribution in [0.4, 0.5) is 0 Å². The van der Waals surface area contributed by atoms with Gasteiger partial charge in [-0.1, -0.05) is 39.0 Å². The maximum atomic E-state index is 5.74. The summed E-state index contributed by atoms with van der Waals surface area (Å²) >= 11 is 0. The van der Waals surface area contributed by atoms with Crippen molar-refractivity contribution in [3.63, 3.8) is 0 Å². The minimum Gasteiger partial charge on any atom is -0.330 e. The van der Waals surface area contributed by atoms with Gasteiger partial charge in [-0.15, -0.1) is 0 Å². The third kappa shape index (κ3) is 4.74. The van der Waals surface area contributed by atoms with Crippen molar-refractivity contribution in [3.05, 3.63) is 0 Å². The highest BCUT2D eigenvalue weighted by atomic mass is 14.5. The van der Waals surface area contributed by atoms with Crippen LogP contribution in [0.1, 0.15) is 96.8 Å². The van der Waals surface area contributed by atoms with E-state index in [2.05, 4.69) is 6.92 Å². The molecule has 0 radical (unpaired) electrons. The van der Waals surface area contributed by atoms with Crippen molar-refractivity contribution in [2.24, 2.45) is 41.2 Å². The van der Waals surface area contributed by atoms with E-state index in [1.54, 1.807) is 38.5 Å². The predicted octanol–water partition coefficient (Wildman–Crippen LogP) is 6.16. The second-order valence-electron chi connectivity index (χ2n) is 9.22. The molecule has 0 atom stereocenters. The van der Waals surface area contributed by atoms with Crippen LogP contribution in [0, 0.1) is 35.5 Å². The largest absolute Gasteiger partial charge is 0.330 e. The molecule has 23 heavy (non-hydrogen) atoms. The van der Waals surface area contributed by atoms with Crippen LogP contribution in [0.5, 0.6) is 0 Å². The van der Waals surface area contributed by atoms with Crippen molar-refractivity contribution < 1.29 is 0 Å². The summed E-state index contributed by atoms with van der Waals surface area (Å²) in [5.41, 5.74) is 5.74. The minimum absolute atomic E-state index is 0.903. The first kappa shape index (κ1) is 17.8. The smallest absolute Gasteiger partial charge is 0.00746 e. The van der Waals surface area contributed by atoms with Gasteiger partial charge in [0.25, 0.3) is 0 Å². The van der Waals surface area contributed by atoms with Crippen LogP contribution in [-0.2, 0) is 0 Å². The Kier molecular flexibility index (Phi) is 6.86. The molecule has 1 nitrogen and oxygen atoms in total. The van der Waals surface area contributed by atoms with E-state index < -0.39 is 0 Å². The number of hydrogen-bond acceptors (Lipinski definition) is 1. The van der Waals surface area contributed by atoms with Gasteiger partial charge in [0.1, 0.15) is 0 Å². The SMILES string of the molecule is CCC1CCC(C2CCC(C3CCC(CCN)CC3)CC2)CC1. The number of nitrogens with two attached hydrogens (primary N) is 1. The zero-order valence-electron chi connectivity index (χ0n) is 15.6. The lowest BCUT2D eigenvalue weighted by Gasteiger charge is -2.41. The summed E-state index contributed by atoms with van der Waals surface area (Å²) in [6, 6.07) is 0. The molecule has 0 aromatic rings.